The molecule has 0 fully saturated rings. The average Bonchev–Trinajstić information content (AvgIpc) is 2.72. The maximum Gasteiger partial charge on any atom is 0.305 e. The third-order valence-electron chi connectivity index (χ3n) is 6.00. The summed E-state index contributed by atoms with van der Waals surface area (Å²) < 4.78 is 5.33. The van der Waals surface area contributed by atoms with Crippen molar-refractivity contribution in [1.29, 1.82) is 0 Å². The molecule has 0 rings (SSSR count). The summed E-state index contributed by atoms with van der Waals surface area (Å²) in [4.78, 5) is 11.7. The minimum absolute atomic E-state index is 0.0175. The summed E-state index contributed by atoms with van der Waals surface area (Å²) in [6.07, 6.45) is 30.0. The average molecular weight is 411 g/mol. The molecule has 0 aromatic heterocycles. The van der Waals surface area contributed by atoms with Crippen LogP contribution in [0.5, 0.6) is 0 Å². The van der Waals surface area contributed by atoms with Crippen molar-refractivity contribution in [2.45, 2.75) is 162 Å². The van der Waals surface area contributed by atoms with Crippen molar-refractivity contribution in [2.75, 3.05) is 6.61 Å². The highest BCUT2D eigenvalue weighted by Gasteiger charge is 2.02. The van der Waals surface area contributed by atoms with Crippen molar-refractivity contribution < 1.29 is 9.53 Å². The fraction of sp³-hybridized carbons (Fsp3) is 0.963. The van der Waals surface area contributed by atoms with E-state index in [2.05, 4.69) is 13.8 Å². The lowest BCUT2D eigenvalue weighted by molar-refractivity contribution is -0.143. The first kappa shape index (κ1) is 28.5. The second kappa shape index (κ2) is 25.5. The predicted molar refractivity (Wildman–Crippen MR) is 128 cm³/mol. The Bertz CT molecular complexity index is 314. The number of carbonyl (C=O) groups is 1. The molecule has 174 valence electrons. The van der Waals surface area contributed by atoms with Gasteiger partial charge in [-0.05, 0) is 12.8 Å². The molecule has 0 aliphatic heterocycles. The van der Waals surface area contributed by atoms with Gasteiger partial charge in [-0.1, -0.05) is 142 Å². The molecule has 0 saturated heterocycles. The van der Waals surface area contributed by atoms with Gasteiger partial charge in [-0.2, -0.15) is 0 Å². The lowest BCUT2D eigenvalue weighted by atomic mass is 10.0. The van der Waals surface area contributed by atoms with Gasteiger partial charge in [-0.15, -0.1) is 0 Å². The molecule has 0 bridgehead atoms. The SMILES string of the molecule is CCCCCCCCCCCCCCCCCCC(=O)OCCCCCCCC. The molecule has 0 radical (unpaired) electrons. The highest BCUT2D eigenvalue weighted by molar-refractivity contribution is 5.69. The van der Waals surface area contributed by atoms with E-state index in [1.165, 1.54) is 128 Å². The molecule has 0 aliphatic rings. The summed E-state index contributed by atoms with van der Waals surface area (Å²) in [5.41, 5.74) is 0. The van der Waals surface area contributed by atoms with Crippen LogP contribution in [0.3, 0.4) is 0 Å². The van der Waals surface area contributed by atoms with Gasteiger partial charge >= 0.3 is 5.97 Å². The monoisotopic (exact) mass is 410 g/mol. The molecular formula is C27H54O2. The normalized spacial score (nSPS) is 11.1. The number of hydrogen-bond acceptors (Lipinski definition) is 2. The fourth-order valence-electron chi connectivity index (χ4n) is 3.96. The summed E-state index contributed by atoms with van der Waals surface area (Å²) in [5.74, 6) is 0.0175. The van der Waals surface area contributed by atoms with Crippen LogP contribution < -0.4 is 0 Å². The Morgan fingerprint density at radius 1 is 0.448 bits per heavy atom. The second-order valence-corrected chi connectivity index (χ2v) is 9.04. The van der Waals surface area contributed by atoms with E-state index < -0.39 is 0 Å². The van der Waals surface area contributed by atoms with Crippen LogP contribution in [-0.4, -0.2) is 12.6 Å². The van der Waals surface area contributed by atoms with E-state index >= 15 is 0 Å². The van der Waals surface area contributed by atoms with Crippen LogP contribution in [0.15, 0.2) is 0 Å². The lowest BCUT2D eigenvalue weighted by Crippen LogP contribution is -2.05. The zero-order chi connectivity index (χ0) is 21.3. The highest BCUT2D eigenvalue weighted by atomic mass is 16.5. The van der Waals surface area contributed by atoms with Crippen LogP contribution in [0, 0.1) is 0 Å². The van der Waals surface area contributed by atoms with Gasteiger partial charge in [0.15, 0.2) is 0 Å². The molecule has 0 aromatic rings. The molecule has 0 atom stereocenters. The third-order valence-corrected chi connectivity index (χ3v) is 6.00. The minimum Gasteiger partial charge on any atom is -0.466 e. The van der Waals surface area contributed by atoms with Gasteiger partial charge in [0.1, 0.15) is 0 Å². The first-order valence-electron chi connectivity index (χ1n) is 13.5. The van der Waals surface area contributed by atoms with Gasteiger partial charge in [-0.3, -0.25) is 4.79 Å². The zero-order valence-corrected chi connectivity index (χ0v) is 20.3. The maximum absolute atomic E-state index is 11.7. The van der Waals surface area contributed by atoms with E-state index in [1.54, 1.807) is 0 Å². The van der Waals surface area contributed by atoms with Crippen molar-refractivity contribution >= 4 is 5.97 Å². The molecule has 0 aliphatic carbocycles. The fourth-order valence-corrected chi connectivity index (χ4v) is 3.96. The van der Waals surface area contributed by atoms with Gasteiger partial charge in [-0.25, -0.2) is 0 Å². The maximum atomic E-state index is 11.7. The molecule has 2 nitrogen and oxygen atoms in total. The van der Waals surface area contributed by atoms with E-state index in [1.807, 2.05) is 0 Å². The third kappa shape index (κ3) is 25.4. The summed E-state index contributed by atoms with van der Waals surface area (Å²) in [6.45, 7) is 5.15. The summed E-state index contributed by atoms with van der Waals surface area (Å²) in [5, 5.41) is 0. The van der Waals surface area contributed by atoms with Crippen LogP contribution in [0.2, 0.25) is 0 Å². The summed E-state index contributed by atoms with van der Waals surface area (Å²) >= 11 is 0. The summed E-state index contributed by atoms with van der Waals surface area (Å²) in [7, 11) is 0. The Hall–Kier alpha value is -0.530. The zero-order valence-electron chi connectivity index (χ0n) is 20.3. The Kier molecular flexibility index (Phi) is 25.0. The van der Waals surface area contributed by atoms with Gasteiger partial charge in [0.05, 0.1) is 6.61 Å². The minimum atomic E-state index is 0.0175. The molecule has 29 heavy (non-hydrogen) atoms. The van der Waals surface area contributed by atoms with Crippen molar-refractivity contribution in [1.82, 2.24) is 0 Å². The molecule has 0 aromatic carbocycles. The van der Waals surface area contributed by atoms with Crippen LogP contribution in [0.4, 0.5) is 0 Å². The van der Waals surface area contributed by atoms with Gasteiger partial charge in [0.2, 0.25) is 0 Å². The molecule has 0 amide bonds. The Morgan fingerprint density at radius 2 is 0.759 bits per heavy atom. The molecule has 0 heterocycles. The van der Waals surface area contributed by atoms with Gasteiger partial charge < -0.3 is 4.74 Å². The van der Waals surface area contributed by atoms with E-state index in [0.29, 0.717) is 13.0 Å². The molecule has 0 saturated carbocycles. The number of hydrogen-bond donors (Lipinski definition) is 0. The van der Waals surface area contributed by atoms with Crippen molar-refractivity contribution in [3.8, 4) is 0 Å². The Balaban J connectivity index is 3.11. The van der Waals surface area contributed by atoms with E-state index in [0.717, 1.165) is 12.8 Å². The predicted octanol–water partition coefficient (Wildman–Crippen LogP) is 9.54. The topological polar surface area (TPSA) is 26.3 Å². The first-order valence-corrected chi connectivity index (χ1v) is 13.5. The van der Waals surface area contributed by atoms with E-state index in [-0.39, 0.29) is 5.97 Å². The van der Waals surface area contributed by atoms with Crippen LogP contribution >= 0.6 is 0 Å². The highest BCUT2D eigenvalue weighted by Crippen LogP contribution is 2.14. The number of unbranched alkanes of at least 4 members (excludes halogenated alkanes) is 20. The molecule has 2 heteroatoms. The molecule has 0 spiro atoms. The number of rotatable bonds is 24. The van der Waals surface area contributed by atoms with Gasteiger partial charge in [0, 0.05) is 6.42 Å². The number of carbonyl (C=O) groups excluding carboxylic acids is 1. The Morgan fingerprint density at radius 3 is 1.14 bits per heavy atom. The molecule has 0 unspecified atom stereocenters. The van der Waals surface area contributed by atoms with Crippen molar-refractivity contribution in [2.24, 2.45) is 0 Å². The van der Waals surface area contributed by atoms with Crippen LogP contribution in [0.1, 0.15) is 162 Å². The van der Waals surface area contributed by atoms with Crippen LogP contribution in [-0.2, 0) is 9.53 Å². The van der Waals surface area contributed by atoms with Crippen molar-refractivity contribution in [3.05, 3.63) is 0 Å². The van der Waals surface area contributed by atoms with E-state index in [4.69, 9.17) is 4.74 Å². The first-order chi connectivity index (χ1) is 14.3. The smallest absolute Gasteiger partial charge is 0.305 e. The van der Waals surface area contributed by atoms with Gasteiger partial charge in [0.25, 0.3) is 0 Å². The van der Waals surface area contributed by atoms with E-state index in [9.17, 15) is 4.79 Å². The standard InChI is InChI=1S/C27H54O2/c1-3-5-7-9-11-12-13-14-15-16-17-18-19-20-21-23-25-27(28)29-26-24-22-10-8-6-4-2/h3-26H2,1-2H3. The second-order valence-electron chi connectivity index (χ2n) is 9.04. The quantitative estimate of drug-likeness (QED) is 0.117. The number of ether oxygens (including phenoxy) is 1. The number of esters is 1. The van der Waals surface area contributed by atoms with Crippen molar-refractivity contribution in [3.63, 3.8) is 0 Å². The largest absolute Gasteiger partial charge is 0.466 e. The molecule has 0 N–H and O–H groups in total. The van der Waals surface area contributed by atoms with Crippen LogP contribution in [0.25, 0.3) is 0 Å². The lowest BCUT2D eigenvalue weighted by Gasteiger charge is -2.05. The Labute approximate surface area is 184 Å². The molecular weight excluding hydrogens is 356 g/mol. The summed E-state index contributed by atoms with van der Waals surface area (Å²) in [6, 6.07) is 0.